The van der Waals surface area contributed by atoms with Crippen LogP contribution in [0.25, 0.3) is 0 Å². The maximum Gasteiger partial charge on any atom is 0.433 e. The number of carbonyl (C=O) groups excluding carboxylic acids is 1. The molecule has 1 heterocycles. The molecule has 3 N–H and O–H groups in total. The number of hydrogen-bond acceptors (Lipinski definition) is 4. The maximum atomic E-state index is 12.7. The summed E-state index contributed by atoms with van der Waals surface area (Å²) < 4.78 is 38.1. The Morgan fingerprint density at radius 2 is 2.00 bits per heavy atom. The Labute approximate surface area is 118 Å². The van der Waals surface area contributed by atoms with Gasteiger partial charge in [0.25, 0.3) is 5.91 Å². The lowest BCUT2D eigenvalue weighted by molar-refractivity contribution is -0.141. The van der Waals surface area contributed by atoms with Crippen molar-refractivity contribution in [3.05, 3.63) is 23.4 Å². The van der Waals surface area contributed by atoms with Gasteiger partial charge in [-0.2, -0.15) is 13.2 Å². The van der Waals surface area contributed by atoms with E-state index in [1.54, 1.807) is 6.92 Å². The number of carboxylic acid groups (broad SMARTS) is 1. The van der Waals surface area contributed by atoms with E-state index >= 15 is 0 Å². The fraction of sp³-hybridized carbons (Fsp3) is 0.417. The first-order valence-corrected chi connectivity index (χ1v) is 6.01. The Bertz CT molecular complexity index is 546. The molecule has 0 saturated carbocycles. The summed E-state index contributed by atoms with van der Waals surface area (Å²) in [4.78, 5) is 26.6. The molecule has 116 valence electrons. The Morgan fingerprint density at radius 3 is 2.43 bits per heavy atom. The van der Waals surface area contributed by atoms with Gasteiger partial charge in [-0.3, -0.25) is 9.59 Å². The summed E-state index contributed by atoms with van der Waals surface area (Å²) in [6, 6.07) is 1.60. The Morgan fingerprint density at radius 1 is 1.38 bits per heavy atom. The number of rotatable bonds is 6. The van der Waals surface area contributed by atoms with Gasteiger partial charge >= 0.3 is 12.1 Å². The number of aromatic nitrogens is 1. The smallest absolute Gasteiger partial charge is 0.433 e. The molecule has 0 aliphatic rings. The van der Waals surface area contributed by atoms with Crippen molar-refractivity contribution in [2.24, 2.45) is 5.73 Å². The number of carbonyl (C=O) groups is 2. The van der Waals surface area contributed by atoms with Gasteiger partial charge in [-0.1, -0.05) is 0 Å². The van der Waals surface area contributed by atoms with E-state index in [1.165, 1.54) is 4.90 Å². The second-order valence-electron chi connectivity index (χ2n) is 4.15. The summed E-state index contributed by atoms with van der Waals surface area (Å²) in [5, 5.41) is 8.65. The standard InChI is InChI=1S/C12H14F3N3O3/c1-2-18(6-5-9(19)20)11-7(10(16)21)3-4-8(17-11)12(13,14)15/h3-4H,2,5-6H2,1H3,(H2,16,21)(H,19,20). The van der Waals surface area contributed by atoms with Crippen molar-refractivity contribution < 1.29 is 27.9 Å². The van der Waals surface area contributed by atoms with Crippen LogP contribution in [0.3, 0.4) is 0 Å². The highest BCUT2D eigenvalue weighted by atomic mass is 19.4. The molecular weight excluding hydrogens is 291 g/mol. The van der Waals surface area contributed by atoms with E-state index in [2.05, 4.69) is 4.98 Å². The van der Waals surface area contributed by atoms with Gasteiger partial charge in [0.2, 0.25) is 0 Å². The molecule has 0 radical (unpaired) electrons. The van der Waals surface area contributed by atoms with E-state index in [0.29, 0.717) is 6.07 Å². The molecule has 1 amide bonds. The van der Waals surface area contributed by atoms with Crippen molar-refractivity contribution in [3.63, 3.8) is 0 Å². The number of hydrogen-bond donors (Lipinski definition) is 2. The normalized spacial score (nSPS) is 11.2. The van der Waals surface area contributed by atoms with E-state index < -0.39 is 23.7 Å². The van der Waals surface area contributed by atoms with Crippen LogP contribution in [-0.2, 0) is 11.0 Å². The van der Waals surface area contributed by atoms with E-state index in [0.717, 1.165) is 6.07 Å². The zero-order valence-corrected chi connectivity index (χ0v) is 11.1. The van der Waals surface area contributed by atoms with Crippen molar-refractivity contribution in [1.82, 2.24) is 4.98 Å². The van der Waals surface area contributed by atoms with Gasteiger partial charge in [-0.05, 0) is 19.1 Å². The number of anilines is 1. The van der Waals surface area contributed by atoms with Gasteiger partial charge in [0.15, 0.2) is 0 Å². The van der Waals surface area contributed by atoms with E-state index in [-0.39, 0.29) is 30.9 Å². The number of carboxylic acids is 1. The Balaban J connectivity index is 3.26. The van der Waals surface area contributed by atoms with Gasteiger partial charge in [0.05, 0.1) is 12.0 Å². The van der Waals surface area contributed by atoms with Crippen molar-refractivity contribution in [1.29, 1.82) is 0 Å². The van der Waals surface area contributed by atoms with Gasteiger partial charge in [-0.25, -0.2) is 4.98 Å². The van der Waals surface area contributed by atoms with Crippen LogP contribution in [0.4, 0.5) is 19.0 Å². The summed E-state index contributed by atoms with van der Waals surface area (Å²) in [7, 11) is 0. The van der Waals surface area contributed by atoms with Crippen molar-refractivity contribution in [2.75, 3.05) is 18.0 Å². The SMILES string of the molecule is CCN(CCC(=O)O)c1nc(C(F)(F)F)ccc1C(N)=O. The first-order valence-electron chi connectivity index (χ1n) is 6.01. The van der Waals surface area contributed by atoms with Gasteiger partial charge in [0.1, 0.15) is 11.5 Å². The van der Waals surface area contributed by atoms with Crippen molar-refractivity contribution in [3.8, 4) is 0 Å². The summed E-state index contributed by atoms with van der Waals surface area (Å²) in [5.41, 5.74) is 3.76. The van der Waals surface area contributed by atoms with Gasteiger partial charge in [-0.15, -0.1) is 0 Å². The molecular formula is C12H14F3N3O3. The molecule has 1 aromatic heterocycles. The first-order chi connectivity index (χ1) is 9.66. The highest BCUT2D eigenvalue weighted by Crippen LogP contribution is 2.30. The summed E-state index contributed by atoms with van der Waals surface area (Å²) in [6.45, 7) is 1.71. The van der Waals surface area contributed by atoms with Crippen LogP contribution >= 0.6 is 0 Å². The van der Waals surface area contributed by atoms with Crippen LogP contribution < -0.4 is 10.6 Å². The number of nitrogens with zero attached hydrogens (tertiary/aromatic N) is 2. The van der Waals surface area contributed by atoms with Gasteiger partial charge < -0.3 is 15.7 Å². The molecule has 0 saturated heterocycles. The Kier molecular flexibility index (Phi) is 5.12. The molecule has 6 nitrogen and oxygen atoms in total. The third-order valence-electron chi connectivity index (χ3n) is 2.71. The minimum atomic E-state index is -4.67. The second kappa shape index (κ2) is 6.42. The predicted octanol–water partition coefficient (Wildman–Crippen LogP) is 1.50. The topological polar surface area (TPSA) is 96.5 Å². The average Bonchev–Trinajstić information content (AvgIpc) is 2.37. The molecule has 0 aliphatic heterocycles. The Hall–Kier alpha value is -2.32. The van der Waals surface area contributed by atoms with Crippen LogP contribution in [0.5, 0.6) is 0 Å². The number of halogens is 3. The lowest BCUT2D eigenvalue weighted by Gasteiger charge is -2.24. The molecule has 9 heteroatoms. The van der Waals surface area contributed by atoms with Gasteiger partial charge in [0, 0.05) is 13.1 Å². The molecule has 0 atom stereocenters. The number of nitrogens with two attached hydrogens (primary N) is 1. The maximum absolute atomic E-state index is 12.7. The zero-order chi connectivity index (χ0) is 16.2. The molecule has 0 bridgehead atoms. The molecule has 0 unspecified atom stereocenters. The molecule has 1 rings (SSSR count). The van der Waals surface area contributed by atoms with Crippen LogP contribution in [0.1, 0.15) is 29.4 Å². The monoisotopic (exact) mass is 305 g/mol. The third kappa shape index (κ3) is 4.33. The lowest BCUT2D eigenvalue weighted by Crippen LogP contribution is -2.30. The first kappa shape index (κ1) is 16.7. The number of alkyl halides is 3. The van der Waals surface area contributed by atoms with Crippen molar-refractivity contribution in [2.45, 2.75) is 19.5 Å². The molecule has 21 heavy (non-hydrogen) atoms. The number of aliphatic carboxylic acids is 1. The highest BCUT2D eigenvalue weighted by molar-refractivity contribution is 5.97. The molecule has 0 fully saturated rings. The van der Waals surface area contributed by atoms with E-state index in [4.69, 9.17) is 10.8 Å². The van der Waals surface area contributed by atoms with Crippen molar-refractivity contribution >= 4 is 17.7 Å². The zero-order valence-electron chi connectivity index (χ0n) is 11.1. The van der Waals surface area contributed by atoms with Crippen LogP contribution in [-0.4, -0.2) is 35.1 Å². The molecule has 0 aliphatic carbocycles. The number of amides is 1. The molecule has 0 spiro atoms. The quantitative estimate of drug-likeness (QED) is 0.830. The third-order valence-corrected chi connectivity index (χ3v) is 2.71. The summed E-state index contributed by atoms with van der Waals surface area (Å²) >= 11 is 0. The predicted molar refractivity (Wildman–Crippen MR) is 67.9 cm³/mol. The largest absolute Gasteiger partial charge is 0.481 e. The second-order valence-corrected chi connectivity index (χ2v) is 4.15. The van der Waals surface area contributed by atoms with Crippen LogP contribution in [0.2, 0.25) is 0 Å². The summed E-state index contributed by atoms with van der Waals surface area (Å²) in [6.07, 6.45) is -4.97. The average molecular weight is 305 g/mol. The van der Waals surface area contributed by atoms with E-state index in [1.807, 2.05) is 0 Å². The fourth-order valence-electron chi connectivity index (χ4n) is 1.68. The number of primary amides is 1. The number of pyridine rings is 1. The van der Waals surface area contributed by atoms with Crippen LogP contribution in [0.15, 0.2) is 12.1 Å². The summed E-state index contributed by atoms with van der Waals surface area (Å²) in [5.74, 6) is -2.30. The molecule has 1 aromatic rings. The highest BCUT2D eigenvalue weighted by Gasteiger charge is 2.34. The lowest BCUT2D eigenvalue weighted by atomic mass is 10.2. The minimum absolute atomic E-state index is 0.0829. The molecule has 0 aromatic carbocycles. The van der Waals surface area contributed by atoms with Crippen LogP contribution in [0, 0.1) is 0 Å². The van der Waals surface area contributed by atoms with E-state index in [9.17, 15) is 22.8 Å². The fourth-order valence-corrected chi connectivity index (χ4v) is 1.68. The minimum Gasteiger partial charge on any atom is -0.481 e.